The SMILES string of the molecule is CCCNc1cc(C(C)(C)C)nc(-c2cc(Cl)cs2)n1. The van der Waals surface area contributed by atoms with Crippen LogP contribution in [0.5, 0.6) is 0 Å². The van der Waals surface area contributed by atoms with E-state index in [1.807, 2.05) is 17.5 Å². The van der Waals surface area contributed by atoms with Crippen molar-refractivity contribution in [1.82, 2.24) is 9.97 Å². The average molecular weight is 310 g/mol. The fourth-order valence-corrected chi connectivity index (χ4v) is 2.72. The molecule has 0 atom stereocenters. The van der Waals surface area contributed by atoms with Gasteiger partial charge < -0.3 is 5.32 Å². The highest BCUT2D eigenvalue weighted by Gasteiger charge is 2.19. The van der Waals surface area contributed by atoms with Gasteiger partial charge in [0.25, 0.3) is 0 Å². The van der Waals surface area contributed by atoms with Gasteiger partial charge in [0.05, 0.1) is 15.6 Å². The summed E-state index contributed by atoms with van der Waals surface area (Å²) in [5.41, 5.74) is 1.02. The third-order valence-electron chi connectivity index (χ3n) is 2.84. The summed E-state index contributed by atoms with van der Waals surface area (Å²) in [7, 11) is 0. The molecular weight excluding hydrogens is 290 g/mol. The van der Waals surface area contributed by atoms with Crippen LogP contribution >= 0.6 is 22.9 Å². The number of nitrogens with one attached hydrogen (secondary N) is 1. The number of halogens is 1. The molecule has 2 heterocycles. The van der Waals surface area contributed by atoms with Gasteiger partial charge in [-0.15, -0.1) is 11.3 Å². The molecule has 2 aromatic heterocycles. The summed E-state index contributed by atoms with van der Waals surface area (Å²) in [6, 6.07) is 3.95. The zero-order valence-electron chi connectivity index (χ0n) is 12.3. The predicted octanol–water partition coefficient (Wildman–Crippen LogP) is 4.98. The standard InChI is InChI=1S/C15H20ClN3S/c1-5-6-17-13-8-12(15(2,3)4)18-14(19-13)11-7-10(16)9-20-11/h7-9H,5-6H2,1-4H3,(H,17,18,19). The molecule has 0 amide bonds. The van der Waals surface area contributed by atoms with Gasteiger partial charge in [-0.3, -0.25) is 0 Å². The van der Waals surface area contributed by atoms with Crippen molar-refractivity contribution >= 4 is 28.8 Å². The molecule has 0 unspecified atom stereocenters. The number of hydrogen-bond donors (Lipinski definition) is 1. The van der Waals surface area contributed by atoms with Crippen molar-refractivity contribution in [2.24, 2.45) is 0 Å². The minimum absolute atomic E-state index is 0.0125. The number of aromatic nitrogens is 2. The molecule has 5 heteroatoms. The Morgan fingerprint density at radius 1 is 1.25 bits per heavy atom. The molecule has 0 radical (unpaired) electrons. The van der Waals surface area contributed by atoms with Gasteiger partial charge in [-0.25, -0.2) is 9.97 Å². The first-order valence-electron chi connectivity index (χ1n) is 6.78. The van der Waals surface area contributed by atoms with Crippen molar-refractivity contribution in [3.63, 3.8) is 0 Å². The minimum atomic E-state index is -0.0125. The average Bonchev–Trinajstić information content (AvgIpc) is 2.82. The molecule has 0 aliphatic carbocycles. The first-order chi connectivity index (χ1) is 9.40. The van der Waals surface area contributed by atoms with E-state index in [0.717, 1.165) is 40.2 Å². The Morgan fingerprint density at radius 2 is 2.00 bits per heavy atom. The van der Waals surface area contributed by atoms with Crippen molar-refractivity contribution in [2.45, 2.75) is 39.5 Å². The van der Waals surface area contributed by atoms with Crippen LogP contribution in [0.1, 0.15) is 39.8 Å². The van der Waals surface area contributed by atoms with Gasteiger partial charge in [-0.1, -0.05) is 39.3 Å². The van der Waals surface area contributed by atoms with Crippen LogP contribution in [0.25, 0.3) is 10.7 Å². The van der Waals surface area contributed by atoms with Crippen LogP contribution in [0.2, 0.25) is 5.02 Å². The monoisotopic (exact) mass is 309 g/mol. The van der Waals surface area contributed by atoms with Gasteiger partial charge in [0.15, 0.2) is 5.82 Å². The Morgan fingerprint density at radius 3 is 2.55 bits per heavy atom. The maximum Gasteiger partial charge on any atom is 0.171 e. The highest BCUT2D eigenvalue weighted by Crippen LogP contribution is 2.30. The van der Waals surface area contributed by atoms with Gasteiger partial charge >= 0.3 is 0 Å². The van der Waals surface area contributed by atoms with Gasteiger partial charge in [0.1, 0.15) is 5.82 Å². The molecule has 0 aliphatic rings. The number of rotatable bonds is 4. The molecule has 2 rings (SSSR count). The van der Waals surface area contributed by atoms with Crippen molar-refractivity contribution in [3.05, 3.63) is 28.2 Å². The van der Waals surface area contributed by atoms with E-state index in [9.17, 15) is 0 Å². The smallest absolute Gasteiger partial charge is 0.171 e. The Hall–Kier alpha value is -1.13. The lowest BCUT2D eigenvalue weighted by atomic mass is 9.92. The van der Waals surface area contributed by atoms with Crippen LogP contribution in [0.3, 0.4) is 0 Å². The lowest BCUT2D eigenvalue weighted by Gasteiger charge is -2.19. The third kappa shape index (κ3) is 3.70. The Bertz CT molecular complexity index is 587. The van der Waals surface area contributed by atoms with Crippen molar-refractivity contribution in [1.29, 1.82) is 0 Å². The second-order valence-electron chi connectivity index (χ2n) is 5.77. The summed E-state index contributed by atoms with van der Waals surface area (Å²) < 4.78 is 0. The van der Waals surface area contributed by atoms with Crippen molar-refractivity contribution in [3.8, 4) is 10.7 Å². The summed E-state index contributed by atoms with van der Waals surface area (Å²) in [5.74, 6) is 1.62. The zero-order valence-corrected chi connectivity index (χ0v) is 13.9. The molecule has 0 aliphatic heterocycles. The van der Waals surface area contributed by atoms with Crippen LogP contribution in [-0.4, -0.2) is 16.5 Å². The zero-order chi connectivity index (χ0) is 14.8. The van der Waals surface area contributed by atoms with E-state index in [1.54, 1.807) is 11.3 Å². The molecule has 2 aromatic rings. The Labute approximate surface area is 129 Å². The van der Waals surface area contributed by atoms with E-state index in [1.165, 1.54) is 0 Å². The van der Waals surface area contributed by atoms with Gasteiger partial charge in [-0.2, -0.15) is 0 Å². The van der Waals surface area contributed by atoms with E-state index in [-0.39, 0.29) is 5.41 Å². The first kappa shape index (κ1) is 15.3. The van der Waals surface area contributed by atoms with E-state index in [0.29, 0.717) is 0 Å². The lowest BCUT2D eigenvalue weighted by molar-refractivity contribution is 0.568. The molecule has 0 fully saturated rings. The van der Waals surface area contributed by atoms with Crippen LogP contribution in [-0.2, 0) is 5.41 Å². The van der Waals surface area contributed by atoms with Crippen LogP contribution in [0.4, 0.5) is 5.82 Å². The summed E-state index contributed by atoms with van der Waals surface area (Å²) in [6.45, 7) is 9.52. The first-order valence-corrected chi connectivity index (χ1v) is 8.03. The molecule has 0 bridgehead atoms. The van der Waals surface area contributed by atoms with E-state index < -0.39 is 0 Å². The minimum Gasteiger partial charge on any atom is -0.370 e. The predicted molar refractivity (Wildman–Crippen MR) is 87.8 cm³/mol. The molecule has 108 valence electrons. The second kappa shape index (κ2) is 6.10. The topological polar surface area (TPSA) is 37.8 Å². The van der Waals surface area contributed by atoms with Crippen molar-refractivity contribution in [2.75, 3.05) is 11.9 Å². The molecule has 0 saturated heterocycles. The fraction of sp³-hybridized carbons (Fsp3) is 0.467. The maximum atomic E-state index is 6.00. The highest BCUT2D eigenvalue weighted by molar-refractivity contribution is 7.14. The number of hydrogen-bond acceptors (Lipinski definition) is 4. The maximum absolute atomic E-state index is 6.00. The van der Waals surface area contributed by atoms with Crippen LogP contribution in [0.15, 0.2) is 17.5 Å². The quantitative estimate of drug-likeness (QED) is 0.865. The largest absolute Gasteiger partial charge is 0.370 e. The molecule has 0 aromatic carbocycles. The van der Waals surface area contributed by atoms with E-state index in [2.05, 4.69) is 38.0 Å². The van der Waals surface area contributed by atoms with Crippen molar-refractivity contribution < 1.29 is 0 Å². The summed E-state index contributed by atoms with van der Waals surface area (Å²) in [4.78, 5) is 10.3. The van der Waals surface area contributed by atoms with Gasteiger partial charge in [0.2, 0.25) is 0 Å². The lowest BCUT2D eigenvalue weighted by Crippen LogP contribution is -2.16. The van der Waals surface area contributed by atoms with Crippen LogP contribution in [0, 0.1) is 0 Å². The summed E-state index contributed by atoms with van der Waals surface area (Å²) >= 11 is 7.57. The van der Waals surface area contributed by atoms with E-state index >= 15 is 0 Å². The molecule has 0 spiro atoms. The molecular formula is C15H20ClN3S. The summed E-state index contributed by atoms with van der Waals surface area (Å²) in [6.07, 6.45) is 1.06. The number of nitrogens with zero attached hydrogens (tertiary/aromatic N) is 2. The van der Waals surface area contributed by atoms with E-state index in [4.69, 9.17) is 16.6 Å². The Balaban J connectivity index is 2.45. The normalized spacial score (nSPS) is 11.7. The number of thiophene rings is 1. The van der Waals surface area contributed by atoms with Crippen LogP contribution < -0.4 is 5.32 Å². The third-order valence-corrected chi connectivity index (χ3v) is 4.11. The number of anilines is 1. The highest BCUT2D eigenvalue weighted by atomic mass is 35.5. The van der Waals surface area contributed by atoms with Gasteiger partial charge in [-0.05, 0) is 12.5 Å². The fourth-order valence-electron chi connectivity index (χ4n) is 1.72. The second-order valence-corrected chi connectivity index (χ2v) is 7.12. The van der Waals surface area contributed by atoms with Gasteiger partial charge in [0, 0.05) is 23.4 Å². The molecule has 0 saturated carbocycles. The summed E-state index contributed by atoms with van der Waals surface area (Å²) in [5, 5.41) is 5.98. The molecule has 20 heavy (non-hydrogen) atoms. The molecule has 1 N–H and O–H groups in total. The Kier molecular flexibility index (Phi) is 4.66. The molecule has 3 nitrogen and oxygen atoms in total.